The predicted molar refractivity (Wildman–Crippen MR) is 127 cm³/mol. The Morgan fingerprint density at radius 2 is 1.86 bits per heavy atom. The molecule has 0 spiro atoms. The van der Waals surface area contributed by atoms with Crippen LogP contribution < -0.4 is 10.5 Å². The molecule has 11 heteroatoms. The Balaban J connectivity index is 2.21. The highest BCUT2D eigenvalue weighted by molar-refractivity contribution is 5.98. The van der Waals surface area contributed by atoms with Gasteiger partial charge in [-0.1, -0.05) is 0 Å². The second-order valence-electron chi connectivity index (χ2n) is 7.56. The van der Waals surface area contributed by atoms with Crippen LogP contribution in [0, 0.1) is 12.7 Å². The lowest BCUT2D eigenvalue weighted by molar-refractivity contribution is -0.104. The van der Waals surface area contributed by atoms with E-state index in [2.05, 4.69) is 20.1 Å². The van der Waals surface area contributed by atoms with Gasteiger partial charge in [-0.25, -0.2) is 18.2 Å². The zero-order valence-corrected chi connectivity index (χ0v) is 19.2. The number of nitrogens with zero attached hydrogens (tertiary/aromatic N) is 5. The van der Waals surface area contributed by atoms with Crippen LogP contribution in [0.2, 0.25) is 0 Å². The van der Waals surface area contributed by atoms with E-state index in [9.17, 15) is 18.0 Å². The van der Waals surface area contributed by atoms with Crippen LogP contribution in [-0.4, -0.2) is 52.7 Å². The molecule has 3 aromatic rings. The van der Waals surface area contributed by atoms with Crippen LogP contribution in [0.1, 0.15) is 17.8 Å². The average Bonchev–Trinajstić information content (AvgIpc) is 2.80. The van der Waals surface area contributed by atoms with Gasteiger partial charge in [-0.05, 0) is 61.0 Å². The van der Waals surface area contributed by atoms with Crippen molar-refractivity contribution >= 4 is 17.9 Å². The number of aryl methyl sites for hydroxylation is 1. The number of carbonyl (C=O) groups excluding carboxylic acids is 1. The number of carbonyl (C=O) groups is 1. The van der Waals surface area contributed by atoms with Crippen molar-refractivity contribution in [2.75, 3.05) is 26.4 Å². The number of benzene rings is 1. The van der Waals surface area contributed by atoms with Crippen LogP contribution in [0.4, 0.5) is 19.1 Å². The number of ether oxygens (including phenoxy) is 1. The Labute approximate surface area is 200 Å². The standard InChI is InChI=1S/C24H23F3N6O2/c1-14-11-16(12-19(29-14)22(26)27)20-21(15-6-8-17(25)9-7-15)30-24(28)31-23(20)35-13-18(5-4-10-34)32-33(2)3/h4-12,22H,13H2,1-3H3,(H2,28,30,31)/b5-4-,32-18+. The molecule has 35 heavy (non-hydrogen) atoms. The number of hydrogen-bond acceptors (Lipinski definition) is 8. The molecule has 0 radical (unpaired) electrons. The van der Waals surface area contributed by atoms with E-state index in [1.165, 1.54) is 47.5 Å². The molecule has 0 saturated heterocycles. The Kier molecular flexibility index (Phi) is 8.13. The minimum absolute atomic E-state index is 0.00593. The van der Waals surface area contributed by atoms with Gasteiger partial charge in [-0.15, -0.1) is 0 Å². The summed E-state index contributed by atoms with van der Waals surface area (Å²) in [4.78, 5) is 23.1. The molecular formula is C24H23F3N6O2. The van der Waals surface area contributed by atoms with Gasteiger partial charge < -0.3 is 15.5 Å². The number of alkyl halides is 2. The third-order valence-corrected chi connectivity index (χ3v) is 4.55. The zero-order chi connectivity index (χ0) is 25.5. The van der Waals surface area contributed by atoms with Crippen molar-refractivity contribution in [2.45, 2.75) is 13.3 Å². The minimum atomic E-state index is -2.81. The Bertz CT molecular complexity index is 1260. The summed E-state index contributed by atoms with van der Waals surface area (Å²) < 4.78 is 46.5. The van der Waals surface area contributed by atoms with Crippen LogP contribution in [0.25, 0.3) is 22.4 Å². The van der Waals surface area contributed by atoms with Gasteiger partial charge >= 0.3 is 0 Å². The molecule has 0 atom stereocenters. The van der Waals surface area contributed by atoms with Crippen LogP contribution in [-0.2, 0) is 4.79 Å². The number of aromatic nitrogens is 3. The first-order valence-electron chi connectivity index (χ1n) is 10.4. The number of anilines is 1. The van der Waals surface area contributed by atoms with Gasteiger partial charge in [0.2, 0.25) is 11.8 Å². The van der Waals surface area contributed by atoms with Gasteiger partial charge in [-0.2, -0.15) is 10.1 Å². The maximum absolute atomic E-state index is 13.6. The van der Waals surface area contributed by atoms with Gasteiger partial charge in [0, 0.05) is 25.4 Å². The van der Waals surface area contributed by atoms with E-state index in [4.69, 9.17) is 10.5 Å². The highest BCUT2D eigenvalue weighted by Crippen LogP contribution is 2.39. The van der Waals surface area contributed by atoms with E-state index in [-0.39, 0.29) is 29.7 Å². The number of nitrogen functional groups attached to an aromatic ring is 1. The van der Waals surface area contributed by atoms with E-state index in [1.807, 2.05) is 0 Å². The Morgan fingerprint density at radius 1 is 1.14 bits per heavy atom. The smallest absolute Gasteiger partial charge is 0.280 e. The fourth-order valence-corrected chi connectivity index (χ4v) is 3.25. The summed E-state index contributed by atoms with van der Waals surface area (Å²) in [6.45, 7) is 1.46. The topological polar surface area (TPSA) is 107 Å². The molecule has 2 aromatic heterocycles. The summed E-state index contributed by atoms with van der Waals surface area (Å²) in [5.41, 5.74) is 7.54. The summed E-state index contributed by atoms with van der Waals surface area (Å²) in [5.74, 6) is -0.605. The number of aldehydes is 1. The molecule has 3 rings (SSSR count). The fraction of sp³-hybridized carbons (Fsp3) is 0.208. The van der Waals surface area contributed by atoms with Crippen molar-refractivity contribution in [2.24, 2.45) is 5.10 Å². The van der Waals surface area contributed by atoms with Crippen molar-refractivity contribution in [1.82, 2.24) is 20.0 Å². The highest BCUT2D eigenvalue weighted by Gasteiger charge is 2.22. The molecule has 1 aromatic carbocycles. The number of hydrazone groups is 1. The van der Waals surface area contributed by atoms with Gasteiger partial charge in [0.15, 0.2) is 0 Å². The van der Waals surface area contributed by atoms with E-state index < -0.39 is 17.9 Å². The summed E-state index contributed by atoms with van der Waals surface area (Å²) in [7, 11) is 3.39. The molecule has 8 nitrogen and oxygen atoms in total. The van der Waals surface area contributed by atoms with Gasteiger partial charge in [0.1, 0.15) is 24.4 Å². The number of allylic oxidation sites excluding steroid dienone is 1. The molecule has 0 fully saturated rings. The first-order valence-corrected chi connectivity index (χ1v) is 10.4. The first kappa shape index (κ1) is 25.3. The van der Waals surface area contributed by atoms with Crippen LogP contribution in [0.15, 0.2) is 53.7 Å². The lowest BCUT2D eigenvalue weighted by Crippen LogP contribution is -2.16. The van der Waals surface area contributed by atoms with Crippen LogP contribution in [0.3, 0.4) is 0 Å². The second kappa shape index (κ2) is 11.2. The largest absolute Gasteiger partial charge is 0.470 e. The molecule has 0 bridgehead atoms. The molecule has 0 aliphatic heterocycles. The van der Waals surface area contributed by atoms with Gasteiger partial charge in [-0.3, -0.25) is 9.78 Å². The van der Waals surface area contributed by atoms with Crippen LogP contribution >= 0.6 is 0 Å². The number of pyridine rings is 1. The van der Waals surface area contributed by atoms with Gasteiger partial charge in [0.25, 0.3) is 6.43 Å². The summed E-state index contributed by atoms with van der Waals surface area (Å²) in [6, 6.07) is 8.25. The maximum Gasteiger partial charge on any atom is 0.280 e. The lowest BCUT2D eigenvalue weighted by atomic mass is 9.99. The normalized spacial score (nSPS) is 11.8. The number of halogens is 3. The monoisotopic (exact) mass is 484 g/mol. The molecule has 0 aliphatic carbocycles. The van der Waals surface area contributed by atoms with Crippen molar-refractivity contribution < 1.29 is 22.7 Å². The predicted octanol–water partition coefficient (Wildman–Crippen LogP) is 4.22. The second-order valence-corrected chi connectivity index (χ2v) is 7.56. The van der Waals surface area contributed by atoms with Crippen molar-refractivity contribution in [1.29, 1.82) is 0 Å². The number of rotatable bonds is 9. The zero-order valence-electron chi connectivity index (χ0n) is 19.2. The van der Waals surface area contributed by atoms with E-state index in [0.29, 0.717) is 28.8 Å². The van der Waals surface area contributed by atoms with Crippen LogP contribution in [0.5, 0.6) is 5.88 Å². The summed E-state index contributed by atoms with van der Waals surface area (Å²) >= 11 is 0. The quantitative estimate of drug-likeness (QED) is 0.210. The Morgan fingerprint density at radius 3 is 2.49 bits per heavy atom. The van der Waals surface area contributed by atoms with Gasteiger partial charge in [0.05, 0.1) is 17.0 Å². The highest BCUT2D eigenvalue weighted by atomic mass is 19.3. The third kappa shape index (κ3) is 6.62. The molecule has 0 saturated carbocycles. The minimum Gasteiger partial charge on any atom is -0.470 e. The molecule has 2 heterocycles. The number of nitrogens with two attached hydrogens (primary N) is 1. The summed E-state index contributed by atoms with van der Waals surface area (Å²) in [5, 5.41) is 5.77. The molecule has 0 amide bonds. The SMILES string of the molecule is Cc1cc(-c2c(OCC(/C=C\C=O)=N/N(C)C)nc(N)nc2-c2ccc(F)cc2)cc(C(F)F)n1. The number of hydrogen-bond donors (Lipinski definition) is 1. The van der Waals surface area contributed by atoms with E-state index >= 15 is 0 Å². The molecule has 0 unspecified atom stereocenters. The fourth-order valence-electron chi connectivity index (χ4n) is 3.25. The first-order chi connectivity index (χ1) is 16.7. The Hall–Kier alpha value is -4.28. The van der Waals surface area contributed by atoms with E-state index in [1.54, 1.807) is 27.1 Å². The van der Waals surface area contributed by atoms with Crippen molar-refractivity contribution in [3.63, 3.8) is 0 Å². The van der Waals surface area contributed by atoms with E-state index in [0.717, 1.165) is 0 Å². The molecule has 0 aliphatic rings. The maximum atomic E-state index is 13.6. The molecular weight excluding hydrogens is 461 g/mol. The van der Waals surface area contributed by atoms with Crippen molar-refractivity contribution in [3.05, 3.63) is 65.8 Å². The third-order valence-electron chi connectivity index (χ3n) is 4.55. The molecule has 182 valence electrons. The lowest BCUT2D eigenvalue weighted by Gasteiger charge is -2.17. The average molecular weight is 484 g/mol. The summed E-state index contributed by atoms with van der Waals surface area (Å²) in [6.07, 6.45) is 0.502. The molecule has 2 N–H and O–H groups in total. The van der Waals surface area contributed by atoms with Crippen molar-refractivity contribution in [3.8, 4) is 28.3 Å².